The van der Waals surface area contributed by atoms with Crippen molar-refractivity contribution in [3.05, 3.63) is 16.1 Å². The lowest BCUT2D eigenvalue weighted by Gasteiger charge is -2.41. The molecule has 0 aromatic carbocycles. The fourth-order valence-electron chi connectivity index (χ4n) is 2.60. The Labute approximate surface area is 146 Å². The zero-order valence-corrected chi connectivity index (χ0v) is 14.7. The fraction of sp³-hybridized carbons (Fsp3) is 0.667. The number of alkyl halides is 4. The number of carbonyl (C=O) groups excluding carboxylic acids is 2. The highest BCUT2D eigenvalue weighted by Crippen LogP contribution is 2.30. The first-order chi connectivity index (χ1) is 11.5. The molecule has 0 saturated heterocycles. The second-order valence-electron chi connectivity index (χ2n) is 6.37. The average Bonchev–Trinajstić information content (AvgIpc) is 2.96. The van der Waals surface area contributed by atoms with Crippen molar-refractivity contribution >= 4 is 23.2 Å². The van der Waals surface area contributed by atoms with Gasteiger partial charge in [-0.05, 0) is 18.8 Å². The number of halogens is 4. The van der Waals surface area contributed by atoms with Crippen LogP contribution in [0.25, 0.3) is 0 Å². The van der Waals surface area contributed by atoms with Crippen LogP contribution in [0.15, 0.2) is 5.51 Å². The first-order valence-corrected chi connectivity index (χ1v) is 8.62. The molecule has 0 spiro atoms. The van der Waals surface area contributed by atoms with Crippen molar-refractivity contribution in [1.29, 1.82) is 0 Å². The number of nitrogens with zero attached hydrogens (tertiary/aromatic N) is 2. The molecular formula is C15H19F4N3O2S. The highest BCUT2D eigenvalue weighted by molar-refractivity contribution is 7.11. The van der Waals surface area contributed by atoms with E-state index < -0.39 is 24.3 Å². The summed E-state index contributed by atoms with van der Waals surface area (Å²) >= 11 is 1.24. The maximum absolute atomic E-state index is 12.9. The number of carbonyl (C=O) groups is 2. The van der Waals surface area contributed by atoms with Crippen LogP contribution in [-0.2, 0) is 4.79 Å². The Balaban J connectivity index is 1.89. The van der Waals surface area contributed by atoms with Gasteiger partial charge >= 0.3 is 6.18 Å². The zero-order valence-electron chi connectivity index (χ0n) is 13.9. The smallest absolute Gasteiger partial charge is 0.350 e. The number of amides is 2. The maximum atomic E-state index is 12.9. The molecule has 2 amide bonds. The van der Waals surface area contributed by atoms with E-state index in [0.29, 0.717) is 10.6 Å². The van der Waals surface area contributed by atoms with Crippen LogP contribution in [-0.4, -0.2) is 53.2 Å². The van der Waals surface area contributed by atoms with E-state index in [1.807, 2.05) is 19.2 Å². The first kappa shape index (κ1) is 19.6. The van der Waals surface area contributed by atoms with Gasteiger partial charge in [-0.25, -0.2) is 9.37 Å². The Hall–Kier alpha value is -1.71. The first-order valence-electron chi connectivity index (χ1n) is 7.74. The molecular weight excluding hydrogens is 362 g/mol. The Kier molecular flexibility index (Phi) is 5.70. The Morgan fingerprint density at radius 2 is 1.96 bits per heavy atom. The number of aromatic nitrogens is 1. The molecule has 1 saturated carbocycles. The highest BCUT2D eigenvalue weighted by Gasteiger charge is 2.47. The normalized spacial score (nSPS) is 21.6. The molecule has 10 heteroatoms. The van der Waals surface area contributed by atoms with Crippen molar-refractivity contribution in [2.45, 2.75) is 57.0 Å². The molecule has 1 heterocycles. The van der Waals surface area contributed by atoms with E-state index in [0.717, 1.165) is 0 Å². The molecule has 1 N–H and O–H groups in total. The zero-order chi connectivity index (χ0) is 18.9. The largest absolute Gasteiger partial charge is 0.428 e. The minimum absolute atomic E-state index is 0.0934. The number of nitrogens with one attached hydrogen (secondary N) is 1. The van der Waals surface area contributed by atoms with E-state index in [4.69, 9.17) is 0 Å². The van der Waals surface area contributed by atoms with Crippen molar-refractivity contribution < 1.29 is 27.2 Å². The van der Waals surface area contributed by atoms with Gasteiger partial charge in [0.2, 0.25) is 0 Å². The molecule has 0 radical (unpaired) electrons. The lowest BCUT2D eigenvalue weighted by molar-refractivity contribution is -0.187. The third kappa shape index (κ3) is 4.28. The molecule has 0 aliphatic heterocycles. The second kappa shape index (κ2) is 7.27. The summed E-state index contributed by atoms with van der Waals surface area (Å²) in [7, 11) is 1.60. The molecule has 1 fully saturated rings. The quantitative estimate of drug-likeness (QED) is 0.798. The summed E-state index contributed by atoms with van der Waals surface area (Å²) in [5.41, 5.74) is 2.30. The third-order valence-electron chi connectivity index (χ3n) is 4.18. The molecule has 1 aliphatic rings. The van der Waals surface area contributed by atoms with Crippen molar-refractivity contribution in [3.63, 3.8) is 0 Å². The van der Waals surface area contributed by atoms with Crippen LogP contribution in [0.5, 0.6) is 0 Å². The van der Waals surface area contributed by atoms with E-state index in [1.54, 1.807) is 12.6 Å². The van der Waals surface area contributed by atoms with E-state index >= 15 is 0 Å². The van der Waals surface area contributed by atoms with Crippen molar-refractivity contribution in [2.75, 3.05) is 7.05 Å². The molecule has 0 bridgehead atoms. The standard InChI is InChI=1S/C15H19F4N3O2S/c1-7(2)10-11(25-6-20-10)14(24)22(3)9-4-8(5-9)21-13(23)12(16)15(17,18)19/h6-9,12H,4-5H2,1-3H3,(H,21,23). The van der Waals surface area contributed by atoms with Gasteiger partial charge in [0.05, 0.1) is 11.2 Å². The molecule has 25 heavy (non-hydrogen) atoms. The van der Waals surface area contributed by atoms with Crippen LogP contribution < -0.4 is 5.32 Å². The molecule has 1 aromatic heterocycles. The van der Waals surface area contributed by atoms with Gasteiger partial charge in [-0.3, -0.25) is 9.59 Å². The summed E-state index contributed by atoms with van der Waals surface area (Å²) in [5.74, 6) is -1.80. The number of thiazole rings is 1. The summed E-state index contributed by atoms with van der Waals surface area (Å²) in [6.07, 6.45) is -8.17. The van der Waals surface area contributed by atoms with Crippen LogP contribution in [0.2, 0.25) is 0 Å². The van der Waals surface area contributed by atoms with Gasteiger partial charge in [0.25, 0.3) is 18.0 Å². The van der Waals surface area contributed by atoms with Gasteiger partial charge < -0.3 is 10.2 Å². The Morgan fingerprint density at radius 3 is 2.48 bits per heavy atom. The summed E-state index contributed by atoms with van der Waals surface area (Å²) in [5, 5.41) is 2.03. The molecule has 1 atom stereocenters. The molecule has 5 nitrogen and oxygen atoms in total. The predicted octanol–water partition coefficient (Wildman–Crippen LogP) is 2.89. The van der Waals surface area contributed by atoms with E-state index in [2.05, 4.69) is 4.98 Å². The minimum atomic E-state index is -5.21. The summed E-state index contributed by atoms with van der Waals surface area (Å²) in [6.45, 7) is 3.85. The van der Waals surface area contributed by atoms with Crippen molar-refractivity contribution in [2.24, 2.45) is 0 Å². The van der Waals surface area contributed by atoms with Gasteiger partial charge in [-0.15, -0.1) is 11.3 Å². The molecule has 1 aliphatic carbocycles. The number of hydrogen-bond acceptors (Lipinski definition) is 4. The monoisotopic (exact) mass is 381 g/mol. The minimum Gasteiger partial charge on any atom is -0.350 e. The van der Waals surface area contributed by atoms with E-state index in [1.165, 1.54) is 16.2 Å². The third-order valence-corrected chi connectivity index (χ3v) is 5.01. The van der Waals surface area contributed by atoms with Crippen LogP contribution >= 0.6 is 11.3 Å². The second-order valence-corrected chi connectivity index (χ2v) is 7.23. The van der Waals surface area contributed by atoms with E-state index in [9.17, 15) is 27.2 Å². The molecule has 140 valence electrons. The SMILES string of the molecule is CC(C)c1ncsc1C(=O)N(C)C1CC(NC(=O)C(F)C(F)(F)F)C1. The van der Waals surface area contributed by atoms with Crippen LogP contribution in [0.3, 0.4) is 0 Å². The summed E-state index contributed by atoms with van der Waals surface area (Å²) < 4.78 is 49.4. The van der Waals surface area contributed by atoms with Gasteiger partial charge in [0.15, 0.2) is 0 Å². The highest BCUT2D eigenvalue weighted by atomic mass is 32.1. The van der Waals surface area contributed by atoms with Crippen LogP contribution in [0.4, 0.5) is 17.6 Å². The average molecular weight is 381 g/mol. The van der Waals surface area contributed by atoms with Crippen molar-refractivity contribution in [1.82, 2.24) is 15.2 Å². The maximum Gasteiger partial charge on any atom is 0.428 e. The van der Waals surface area contributed by atoms with Gasteiger partial charge in [0.1, 0.15) is 4.88 Å². The lowest BCUT2D eigenvalue weighted by atomic mass is 9.85. The Bertz CT molecular complexity index is 641. The predicted molar refractivity (Wildman–Crippen MR) is 84.2 cm³/mol. The van der Waals surface area contributed by atoms with Gasteiger partial charge in [-0.2, -0.15) is 13.2 Å². The van der Waals surface area contributed by atoms with Gasteiger partial charge in [0, 0.05) is 19.1 Å². The number of hydrogen-bond donors (Lipinski definition) is 1. The number of rotatable bonds is 5. The van der Waals surface area contributed by atoms with Gasteiger partial charge in [-0.1, -0.05) is 13.8 Å². The lowest BCUT2D eigenvalue weighted by Crippen LogP contribution is -2.56. The van der Waals surface area contributed by atoms with Crippen LogP contribution in [0.1, 0.15) is 48.0 Å². The summed E-state index contributed by atoms with van der Waals surface area (Å²) in [4.78, 5) is 30.0. The fourth-order valence-corrected chi connectivity index (χ4v) is 3.52. The topological polar surface area (TPSA) is 62.3 Å². The molecule has 1 unspecified atom stereocenters. The summed E-state index contributed by atoms with van der Waals surface area (Å²) in [6, 6.07) is -0.789. The van der Waals surface area contributed by atoms with Crippen LogP contribution in [0, 0.1) is 0 Å². The van der Waals surface area contributed by atoms with Crippen molar-refractivity contribution in [3.8, 4) is 0 Å². The molecule has 1 aromatic rings. The molecule has 2 rings (SSSR count). The van der Waals surface area contributed by atoms with E-state index in [-0.39, 0.29) is 30.7 Å². The Morgan fingerprint density at radius 1 is 1.36 bits per heavy atom.